The highest BCUT2D eigenvalue weighted by Crippen LogP contribution is 2.19. The first-order chi connectivity index (χ1) is 5.77. The molecule has 5 nitrogen and oxygen atoms in total. The van der Waals surface area contributed by atoms with E-state index in [0.717, 1.165) is 0 Å². The van der Waals surface area contributed by atoms with Gasteiger partial charge in [-0.1, -0.05) is 0 Å². The Hall–Kier alpha value is -1.78. The molecule has 0 fully saturated rings. The molecule has 2 aromatic heterocycles. The molecule has 0 aromatic carbocycles. The second kappa shape index (κ2) is 2.37. The van der Waals surface area contributed by atoms with E-state index in [2.05, 4.69) is 10.2 Å². The monoisotopic (exact) mass is 166 g/mol. The fraction of sp³-hybridized carbons (Fsp3) is 0.143. The SMILES string of the molecule is Cc1occc1-c1n[nH]c(=O)o1. The topological polar surface area (TPSA) is 72.0 Å². The van der Waals surface area contributed by atoms with E-state index in [9.17, 15) is 4.79 Å². The minimum absolute atomic E-state index is 0.256. The van der Waals surface area contributed by atoms with Gasteiger partial charge < -0.3 is 8.83 Å². The van der Waals surface area contributed by atoms with Crippen LogP contribution in [-0.4, -0.2) is 10.2 Å². The van der Waals surface area contributed by atoms with Crippen molar-refractivity contribution in [3.8, 4) is 11.5 Å². The molecule has 0 bridgehead atoms. The number of H-pyrrole nitrogens is 1. The highest BCUT2D eigenvalue weighted by Gasteiger charge is 2.09. The van der Waals surface area contributed by atoms with Crippen molar-refractivity contribution < 1.29 is 8.83 Å². The number of hydrogen-bond donors (Lipinski definition) is 1. The normalized spacial score (nSPS) is 10.4. The van der Waals surface area contributed by atoms with Gasteiger partial charge >= 0.3 is 5.76 Å². The largest absolute Gasteiger partial charge is 0.469 e. The summed E-state index contributed by atoms with van der Waals surface area (Å²) in [5.41, 5.74) is 0.688. The highest BCUT2D eigenvalue weighted by atomic mass is 16.4. The van der Waals surface area contributed by atoms with Crippen LogP contribution in [0.25, 0.3) is 11.5 Å². The molecule has 12 heavy (non-hydrogen) atoms. The molecule has 0 spiro atoms. The first-order valence-electron chi connectivity index (χ1n) is 3.37. The highest BCUT2D eigenvalue weighted by molar-refractivity contribution is 5.54. The zero-order chi connectivity index (χ0) is 8.55. The van der Waals surface area contributed by atoms with E-state index in [0.29, 0.717) is 11.3 Å². The van der Waals surface area contributed by atoms with Crippen LogP contribution in [-0.2, 0) is 0 Å². The van der Waals surface area contributed by atoms with Gasteiger partial charge in [0.05, 0.1) is 11.8 Å². The van der Waals surface area contributed by atoms with Gasteiger partial charge in [-0.2, -0.15) is 0 Å². The Balaban J connectivity index is 2.57. The van der Waals surface area contributed by atoms with Gasteiger partial charge in [-0.15, -0.1) is 5.10 Å². The summed E-state index contributed by atoms with van der Waals surface area (Å²) in [7, 11) is 0. The molecule has 0 saturated carbocycles. The lowest BCUT2D eigenvalue weighted by molar-refractivity contribution is 0.516. The third kappa shape index (κ3) is 0.952. The van der Waals surface area contributed by atoms with Gasteiger partial charge in [-0.05, 0) is 13.0 Å². The number of aromatic nitrogens is 2. The molecule has 1 N–H and O–H groups in total. The van der Waals surface area contributed by atoms with E-state index in [1.807, 2.05) is 0 Å². The Morgan fingerprint density at radius 3 is 2.92 bits per heavy atom. The summed E-state index contributed by atoms with van der Waals surface area (Å²) in [5.74, 6) is 0.363. The molecule has 0 aliphatic rings. The summed E-state index contributed by atoms with van der Waals surface area (Å²) >= 11 is 0. The van der Waals surface area contributed by atoms with E-state index in [1.54, 1.807) is 13.0 Å². The van der Waals surface area contributed by atoms with Crippen LogP contribution in [0.3, 0.4) is 0 Å². The molecule has 62 valence electrons. The fourth-order valence-corrected chi connectivity index (χ4v) is 0.952. The van der Waals surface area contributed by atoms with Crippen molar-refractivity contribution in [1.82, 2.24) is 10.2 Å². The Morgan fingerprint density at radius 2 is 2.42 bits per heavy atom. The van der Waals surface area contributed by atoms with E-state index in [1.165, 1.54) is 6.26 Å². The number of rotatable bonds is 1. The summed E-state index contributed by atoms with van der Waals surface area (Å²) in [6.45, 7) is 1.77. The molecule has 0 aliphatic heterocycles. The number of nitrogens with zero attached hydrogens (tertiary/aromatic N) is 1. The summed E-state index contributed by atoms with van der Waals surface area (Å²) in [4.78, 5) is 10.6. The van der Waals surface area contributed by atoms with Crippen molar-refractivity contribution in [3.05, 3.63) is 28.6 Å². The molecular weight excluding hydrogens is 160 g/mol. The summed E-state index contributed by atoms with van der Waals surface area (Å²) in [6.07, 6.45) is 1.51. The number of aromatic amines is 1. The molecule has 0 unspecified atom stereocenters. The fourth-order valence-electron chi connectivity index (χ4n) is 0.952. The molecule has 5 heteroatoms. The lowest BCUT2D eigenvalue weighted by Gasteiger charge is -1.86. The maximum Gasteiger partial charge on any atom is 0.434 e. The van der Waals surface area contributed by atoms with Crippen molar-refractivity contribution in [2.24, 2.45) is 0 Å². The summed E-state index contributed by atoms with van der Waals surface area (Å²) < 4.78 is 9.74. The standard InChI is InChI=1S/C7H6N2O3/c1-4-5(2-3-11-4)6-8-9-7(10)12-6/h2-3H,1H3,(H,9,10). The van der Waals surface area contributed by atoms with Crippen LogP contribution >= 0.6 is 0 Å². The quantitative estimate of drug-likeness (QED) is 0.684. The summed E-state index contributed by atoms with van der Waals surface area (Å²) in [5, 5.41) is 5.83. The molecule has 2 heterocycles. The van der Waals surface area contributed by atoms with Crippen molar-refractivity contribution >= 4 is 0 Å². The second-order valence-corrected chi connectivity index (χ2v) is 2.31. The van der Waals surface area contributed by atoms with Crippen LogP contribution in [0, 0.1) is 6.92 Å². The van der Waals surface area contributed by atoms with Crippen LogP contribution in [0.2, 0.25) is 0 Å². The van der Waals surface area contributed by atoms with Gasteiger partial charge in [0.15, 0.2) is 0 Å². The Kier molecular flexibility index (Phi) is 1.36. The van der Waals surface area contributed by atoms with Gasteiger partial charge in [-0.25, -0.2) is 9.89 Å². The molecule has 0 saturated heterocycles. The molecule has 0 atom stereocenters. The van der Waals surface area contributed by atoms with Gasteiger partial charge in [0.25, 0.3) is 5.89 Å². The predicted octanol–water partition coefficient (Wildman–Crippen LogP) is 0.931. The van der Waals surface area contributed by atoms with Crippen molar-refractivity contribution in [3.63, 3.8) is 0 Å². The van der Waals surface area contributed by atoms with Crippen LogP contribution in [0.15, 0.2) is 26.0 Å². The Labute approximate surface area is 67.0 Å². The van der Waals surface area contributed by atoms with E-state index < -0.39 is 5.76 Å². The minimum Gasteiger partial charge on any atom is -0.469 e. The summed E-state index contributed by atoms with van der Waals surface area (Å²) in [6, 6.07) is 1.69. The molecule has 0 aliphatic carbocycles. The van der Waals surface area contributed by atoms with Crippen LogP contribution in [0.1, 0.15) is 5.76 Å². The van der Waals surface area contributed by atoms with Gasteiger partial charge in [-0.3, -0.25) is 0 Å². The van der Waals surface area contributed by atoms with E-state index in [4.69, 9.17) is 8.83 Å². The van der Waals surface area contributed by atoms with Crippen molar-refractivity contribution in [2.45, 2.75) is 6.92 Å². The molecule has 2 aromatic rings. The van der Waals surface area contributed by atoms with Gasteiger partial charge in [0.2, 0.25) is 0 Å². The zero-order valence-corrected chi connectivity index (χ0v) is 6.33. The lowest BCUT2D eigenvalue weighted by Crippen LogP contribution is -1.93. The van der Waals surface area contributed by atoms with Gasteiger partial charge in [0, 0.05) is 0 Å². The molecule has 2 rings (SSSR count). The zero-order valence-electron chi connectivity index (χ0n) is 6.33. The first kappa shape index (κ1) is 6.90. The third-order valence-corrected chi connectivity index (χ3v) is 1.53. The van der Waals surface area contributed by atoms with E-state index >= 15 is 0 Å². The maximum absolute atomic E-state index is 10.6. The van der Waals surface area contributed by atoms with Crippen LogP contribution in [0.5, 0.6) is 0 Å². The number of hydrogen-bond acceptors (Lipinski definition) is 4. The first-order valence-corrected chi connectivity index (χ1v) is 3.37. The smallest absolute Gasteiger partial charge is 0.434 e. The van der Waals surface area contributed by atoms with Gasteiger partial charge in [0.1, 0.15) is 5.76 Å². The lowest BCUT2D eigenvalue weighted by atomic mass is 10.3. The molecule has 0 amide bonds. The van der Waals surface area contributed by atoms with Crippen LogP contribution in [0.4, 0.5) is 0 Å². The Morgan fingerprint density at radius 1 is 1.58 bits per heavy atom. The Bertz CT molecular complexity index is 437. The molecular formula is C7H6N2O3. The van der Waals surface area contributed by atoms with E-state index in [-0.39, 0.29) is 5.89 Å². The second-order valence-electron chi connectivity index (χ2n) is 2.31. The minimum atomic E-state index is -0.564. The third-order valence-electron chi connectivity index (χ3n) is 1.53. The number of nitrogens with one attached hydrogen (secondary N) is 1. The van der Waals surface area contributed by atoms with Crippen molar-refractivity contribution in [1.29, 1.82) is 0 Å². The number of furan rings is 1. The average molecular weight is 166 g/mol. The van der Waals surface area contributed by atoms with Crippen LogP contribution < -0.4 is 5.76 Å². The maximum atomic E-state index is 10.6. The van der Waals surface area contributed by atoms with Crippen molar-refractivity contribution in [2.75, 3.05) is 0 Å². The predicted molar refractivity (Wildman–Crippen MR) is 39.6 cm³/mol. The average Bonchev–Trinajstić information content (AvgIpc) is 2.58. The molecule has 0 radical (unpaired) electrons. The number of aryl methyl sites for hydroxylation is 1.